The van der Waals surface area contributed by atoms with Gasteiger partial charge in [0.1, 0.15) is 5.69 Å². The fourth-order valence-corrected chi connectivity index (χ4v) is 3.27. The molecule has 2 aliphatic rings. The van der Waals surface area contributed by atoms with E-state index >= 15 is 0 Å². The molecule has 2 aromatic rings. The molecule has 2 aromatic heterocycles. The second-order valence-electron chi connectivity index (χ2n) is 6.17. The molecule has 7 nitrogen and oxygen atoms in total. The van der Waals surface area contributed by atoms with Crippen LogP contribution in [0.4, 0.5) is 0 Å². The van der Waals surface area contributed by atoms with Crippen molar-refractivity contribution in [3.05, 3.63) is 24.2 Å². The van der Waals surface area contributed by atoms with Crippen LogP contribution in [0.15, 0.2) is 18.5 Å². The number of hydrogen-bond donors (Lipinski definition) is 1. The van der Waals surface area contributed by atoms with Crippen molar-refractivity contribution >= 4 is 0 Å². The van der Waals surface area contributed by atoms with Crippen molar-refractivity contribution < 1.29 is 4.74 Å². The highest BCUT2D eigenvalue weighted by molar-refractivity contribution is 5.50. The van der Waals surface area contributed by atoms with E-state index in [2.05, 4.69) is 36.7 Å². The first-order valence-electron chi connectivity index (χ1n) is 8.49. The van der Waals surface area contributed by atoms with E-state index in [1.54, 1.807) is 0 Å². The number of ether oxygens (including phenoxy) is 1. The van der Waals surface area contributed by atoms with E-state index in [0.717, 1.165) is 77.0 Å². The van der Waals surface area contributed by atoms with Gasteiger partial charge in [-0.3, -0.25) is 9.58 Å². The SMILES string of the molecule is c1cn(CCN2CCOCC2)c(-c2cc3n(n2)CCCNC3)n1. The number of morpholine rings is 1. The standard InChI is InChI=1S/C16H24N6O/c1-2-17-13-14-12-15(19-22(14)4-1)16-18-3-5-21(16)7-6-20-8-10-23-11-9-20/h3,5,12,17H,1-2,4,6-11,13H2. The zero-order valence-corrected chi connectivity index (χ0v) is 13.4. The summed E-state index contributed by atoms with van der Waals surface area (Å²) in [5.41, 5.74) is 2.23. The van der Waals surface area contributed by atoms with Gasteiger partial charge in [-0.1, -0.05) is 0 Å². The van der Waals surface area contributed by atoms with Crippen LogP contribution in [-0.2, 0) is 24.4 Å². The average molecular weight is 316 g/mol. The lowest BCUT2D eigenvalue weighted by Gasteiger charge is -2.26. The molecule has 4 heterocycles. The van der Waals surface area contributed by atoms with Crippen LogP contribution in [0.1, 0.15) is 12.1 Å². The summed E-state index contributed by atoms with van der Waals surface area (Å²) < 4.78 is 9.74. The summed E-state index contributed by atoms with van der Waals surface area (Å²) in [4.78, 5) is 6.98. The lowest BCUT2D eigenvalue weighted by Crippen LogP contribution is -2.38. The zero-order valence-electron chi connectivity index (χ0n) is 13.4. The molecule has 1 fully saturated rings. The summed E-state index contributed by atoms with van der Waals surface area (Å²) in [6.45, 7) is 8.64. The van der Waals surface area contributed by atoms with Crippen molar-refractivity contribution in [2.24, 2.45) is 0 Å². The van der Waals surface area contributed by atoms with Gasteiger partial charge in [-0.25, -0.2) is 4.98 Å². The first kappa shape index (κ1) is 14.9. The Morgan fingerprint density at radius 3 is 3.00 bits per heavy atom. The van der Waals surface area contributed by atoms with Gasteiger partial charge in [0.2, 0.25) is 0 Å². The van der Waals surface area contributed by atoms with E-state index in [-0.39, 0.29) is 0 Å². The molecule has 0 amide bonds. The van der Waals surface area contributed by atoms with Gasteiger partial charge < -0.3 is 14.6 Å². The zero-order chi connectivity index (χ0) is 15.5. The molecule has 0 atom stereocenters. The largest absolute Gasteiger partial charge is 0.379 e. The molecule has 0 unspecified atom stereocenters. The normalized spacial score (nSPS) is 19.5. The first-order chi connectivity index (χ1) is 11.4. The molecule has 1 saturated heterocycles. The van der Waals surface area contributed by atoms with Gasteiger partial charge >= 0.3 is 0 Å². The number of hydrogen-bond acceptors (Lipinski definition) is 5. The summed E-state index contributed by atoms with van der Waals surface area (Å²) >= 11 is 0. The monoisotopic (exact) mass is 316 g/mol. The Bertz CT molecular complexity index is 619. The van der Waals surface area contributed by atoms with Crippen LogP contribution in [0.3, 0.4) is 0 Å². The highest BCUT2D eigenvalue weighted by Crippen LogP contribution is 2.19. The van der Waals surface area contributed by atoms with Crippen LogP contribution in [0, 0.1) is 0 Å². The van der Waals surface area contributed by atoms with Gasteiger partial charge in [-0.2, -0.15) is 5.10 Å². The second kappa shape index (κ2) is 6.82. The maximum atomic E-state index is 5.41. The van der Waals surface area contributed by atoms with E-state index in [1.165, 1.54) is 5.69 Å². The number of aromatic nitrogens is 4. The van der Waals surface area contributed by atoms with Crippen LogP contribution in [0.25, 0.3) is 11.5 Å². The Balaban J connectivity index is 1.48. The smallest absolute Gasteiger partial charge is 0.160 e. The van der Waals surface area contributed by atoms with Crippen molar-refractivity contribution in [1.82, 2.24) is 29.5 Å². The van der Waals surface area contributed by atoms with Crippen molar-refractivity contribution in [3.8, 4) is 11.5 Å². The third-order valence-corrected chi connectivity index (χ3v) is 4.60. The molecule has 7 heteroatoms. The molecule has 23 heavy (non-hydrogen) atoms. The van der Waals surface area contributed by atoms with Gasteiger partial charge in [0.25, 0.3) is 0 Å². The van der Waals surface area contributed by atoms with Crippen molar-refractivity contribution in [2.45, 2.75) is 26.1 Å². The van der Waals surface area contributed by atoms with Gasteiger partial charge in [-0.05, 0) is 19.0 Å². The van der Waals surface area contributed by atoms with Crippen LogP contribution in [0.5, 0.6) is 0 Å². The number of nitrogens with one attached hydrogen (secondary N) is 1. The number of rotatable bonds is 4. The Kier molecular flexibility index (Phi) is 4.41. The third kappa shape index (κ3) is 3.31. The predicted octanol–water partition coefficient (Wildman–Crippen LogP) is 0.572. The van der Waals surface area contributed by atoms with E-state index < -0.39 is 0 Å². The molecule has 4 rings (SSSR count). The van der Waals surface area contributed by atoms with E-state index in [0.29, 0.717) is 0 Å². The molecule has 0 aliphatic carbocycles. The number of nitrogens with zero attached hydrogens (tertiary/aromatic N) is 5. The summed E-state index contributed by atoms with van der Waals surface area (Å²) in [5.74, 6) is 0.971. The molecule has 0 aromatic carbocycles. The Hall–Kier alpha value is -1.70. The van der Waals surface area contributed by atoms with Crippen LogP contribution in [0.2, 0.25) is 0 Å². The molecule has 1 N–H and O–H groups in total. The predicted molar refractivity (Wildman–Crippen MR) is 87.0 cm³/mol. The summed E-state index contributed by atoms with van der Waals surface area (Å²) in [6, 6.07) is 2.17. The highest BCUT2D eigenvalue weighted by Gasteiger charge is 2.16. The number of imidazole rings is 1. The van der Waals surface area contributed by atoms with Crippen molar-refractivity contribution in [1.29, 1.82) is 0 Å². The fourth-order valence-electron chi connectivity index (χ4n) is 3.27. The molecular formula is C16H24N6O. The molecule has 124 valence electrons. The topological polar surface area (TPSA) is 60.1 Å². The Labute approximate surface area is 136 Å². The van der Waals surface area contributed by atoms with E-state index in [9.17, 15) is 0 Å². The Morgan fingerprint density at radius 2 is 2.09 bits per heavy atom. The van der Waals surface area contributed by atoms with Crippen molar-refractivity contribution in [3.63, 3.8) is 0 Å². The van der Waals surface area contributed by atoms with E-state index in [1.807, 2.05) is 6.20 Å². The quantitative estimate of drug-likeness (QED) is 0.894. The average Bonchev–Trinajstić information content (AvgIpc) is 3.15. The molecule has 2 aliphatic heterocycles. The lowest BCUT2D eigenvalue weighted by atomic mass is 10.3. The minimum Gasteiger partial charge on any atom is -0.379 e. The van der Waals surface area contributed by atoms with Gasteiger partial charge in [0.05, 0.1) is 18.9 Å². The fraction of sp³-hybridized carbons (Fsp3) is 0.625. The van der Waals surface area contributed by atoms with Gasteiger partial charge in [-0.15, -0.1) is 0 Å². The minimum absolute atomic E-state index is 0.845. The van der Waals surface area contributed by atoms with Crippen LogP contribution >= 0.6 is 0 Å². The van der Waals surface area contributed by atoms with Gasteiger partial charge in [0.15, 0.2) is 5.82 Å². The molecule has 0 bridgehead atoms. The summed E-state index contributed by atoms with van der Waals surface area (Å²) in [7, 11) is 0. The van der Waals surface area contributed by atoms with Crippen molar-refractivity contribution in [2.75, 3.05) is 39.4 Å². The van der Waals surface area contributed by atoms with Crippen LogP contribution < -0.4 is 5.32 Å². The van der Waals surface area contributed by atoms with Gasteiger partial charge in [0, 0.05) is 51.7 Å². The lowest BCUT2D eigenvalue weighted by molar-refractivity contribution is 0.0364. The molecular weight excluding hydrogens is 292 g/mol. The maximum absolute atomic E-state index is 5.41. The highest BCUT2D eigenvalue weighted by atomic mass is 16.5. The maximum Gasteiger partial charge on any atom is 0.160 e. The molecule has 0 saturated carbocycles. The van der Waals surface area contributed by atoms with Crippen LogP contribution in [-0.4, -0.2) is 63.6 Å². The minimum atomic E-state index is 0.845. The third-order valence-electron chi connectivity index (χ3n) is 4.60. The molecule has 0 radical (unpaired) electrons. The Morgan fingerprint density at radius 1 is 1.17 bits per heavy atom. The number of fused-ring (bicyclic) bond motifs is 1. The molecule has 0 spiro atoms. The van der Waals surface area contributed by atoms with E-state index in [4.69, 9.17) is 9.84 Å². The number of aryl methyl sites for hydroxylation is 1. The summed E-state index contributed by atoms with van der Waals surface area (Å²) in [5, 5.41) is 8.21. The summed E-state index contributed by atoms with van der Waals surface area (Å²) in [6.07, 6.45) is 5.05. The first-order valence-corrected chi connectivity index (χ1v) is 8.49. The second-order valence-corrected chi connectivity index (χ2v) is 6.17.